The summed E-state index contributed by atoms with van der Waals surface area (Å²) in [4.78, 5) is 0. The van der Waals surface area contributed by atoms with Gasteiger partial charge < -0.3 is 4.74 Å². The molecule has 2 nitrogen and oxygen atoms in total. The molecule has 0 bridgehead atoms. The molecule has 0 saturated carbocycles. The third-order valence-corrected chi connectivity index (χ3v) is 3.64. The van der Waals surface area contributed by atoms with Gasteiger partial charge in [-0.25, -0.2) is 3.11 Å². The van der Waals surface area contributed by atoms with Crippen LogP contribution in [-0.2, 0) is 12.8 Å². The Labute approximate surface area is 98.7 Å². The molecule has 14 heavy (non-hydrogen) atoms. The van der Waals surface area contributed by atoms with E-state index in [4.69, 9.17) is 4.74 Å². The maximum Gasteiger partial charge on any atom is 0.122 e. The average Bonchev–Trinajstić information content (AvgIpc) is 2.41. The molecule has 0 aliphatic carbocycles. The van der Waals surface area contributed by atoms with E-state index in [0.717, 1.165) is 31.7 Å². The van der Waals surface area contributed by atoms with E-state index in [1.165, 1.54) is 11.1 Å². The highest BCUT2D eigenvalue weighted by Crippen LogP contribution is 2.26. The fourth-order valence-electron chi connectivity index (χ4n) is 1.91. The van der Waals surface area contributed by atoms with Crippen LogP contribution in [0.2, 0.25) is 0 Å². The molecule has 0 N–H and O–H groups in total. The Bertz CT molecular complexity index is 327. The van der Waals surface area contributed by atoms with Crippen LogP contribution in [0.1, 0.15) is 11.1 Å². The van der Waals surface area contributed by atoms with E-state index in [-0.39, 0.29) is 0 Å². The van der Waals surface area contributed by atoms with Gasteiger partial charge in [0.2, 0.25) is 0 Å². The van der Waals surface area contributed by atoms with Crippen LogP contribution in [0.5, 0.6) is 5.75 Å². The van der Waals surface area contributed by atoms with Crippen molar-refractivity contribution in [3.8, 4) is 5.75 Å². The van der Waals surface area contributed by atoms with Crippen LogP contribution in [0, 0.1) is 0 Å². The number of hydrogen-bond acceptors (Lipinski definition) is 2. The molecule has 1 aliphatic heterocycles. The fourth-order valence-corrected chi connectivity index (χ4v) is 2.39. The molecule has 1 aliphatic rings. The van der Waals surface area contributed by atoms with Crippen molar-refractivity contribution in [1.29, 1.82) is 0 Å². The third kappa shape index (κ3) is 2.03. The first-order valence-corrected chi connectivity index (χ1v) is 5.83. The monoisotopic (exact) mass is 303 g/mol. The molecule has 0 amide bonds. The highest BCUT2D eigenvalue weighted by Gasteiger charge is 2.14. The van der Waals surface area contributed by atoms with Gasteiger partial charge in [-0.15, -0.1) is 0 Å². The SMILES string of the molecule is COc1cccc2c1CCN(I)CC2. The van der Waals surface area contributed by atoms with Gasteiger partial charge in [0.25, 0.3) is 0 Å². The second-order valence-corrected chi connectivity index (χ2v) is 4.87. The highest BCUT2D eigenvalue weighted by molar-refractivity contribution is 14.1. The van der Waals surface area contributed by atoms with Crippen molar-refractivity contribution in [2.24, 2.45) is 0 Å². The van der Waals surface area contributed by atoms with Gasteiger partial charge >= 0.3 is 0 Å². The summed E-state index contributed by atoms with van der Waals surface area (Å²) in [6, 6.07) is 6.36. The Morgan fingerprint density at radius 3 is 2.86 bits per heavy atom. The molecule has 0 fully saturated rings. The quantitative estimate of drug-likeness (QED) is 0.584. The normalized spacial score (nSPS) is 17.3. The standard InChI is InChI=1S/C11H14INO/c1-14-11-4-2-3-9-5-7-13(12)8-6-10(9)11/h2-4H,5-8H2,1H3. The van der Waals surface area contributed by atoms with Gasteiger partial charge in [-0.05, 0) is 30.0 Å². The fraction of sp³-hybridized carbons (Fsp3) is 0.455. The van der Waals surface area contributed by atoms with Crippen LogP contribution in [0.15, 0.2) is 18.2 Å². The predicted molar refractivity (Wildman–Crippen MR) is 66.0 cm³/mol. The van der Waals surface area contributed by atoms with Gasteiger partial charge in [0, 0.05) is 36.0 Å². The lowest BCUT2D eigenvalue weighted by Crippen LogP contribution is -2.13. The minimum absolute atomic E-state index is 1.05. The number of halogens is 1. The lowest BCUT2D eigenvalue weighted by molar-refractivity contribution is 0.408. The number of hydrogen-bond donors (Lipinski definition) is 0. The maximum atomic E-state index is 5.38. The van der Waals surface area contributed by atoms with Gasteiger partial charge in [0.1, 0.15) is 5.75 Å². The van der Waals surface area contributed by atoms with Gasteiger partial charge in [-0.3, -0.25) is 0 Å². The van der Waals surface area contributed by atoms with Crippen molar-refractivity contribution in [3.63, 3.8) is 0 Å². The zero-order valence-electron chi connectivity index (χ0n) is 8.29. The number of rotatable bonds is 1. The maximum absolute atomic E-state index is 5.38. The summed E-state index contributed by atoms with van der Waals surface area (Å²) >= 11 is 2.40. The summed E-state index contributed by atoms with van der Waals surface area (Å²) in [5.74, 6) is 1.05. The molecule has 2 rings (SSSR count). The second-order valence-electron chi connectivity index (χ2n) is 3.51. The van der Waals surface area contributed by atoms with Crippen molar-refractivity contribution >= 4 is 22.9 Å². The molecule has 0 unspecified atom stereocenters. The number of nitrogens with zero attached hydrogens (tertiary/aromatic N) is 1. The minimum atomic E-state index is 1.05. The van der Waals surface area contributed by atoms with E-state index in [1.54, 1.807) is 7.11 Å². The molecule has 1 aromatic rings. The Kier molecular flexibility index (Phi) is 3.28. The molecule has 0 saturated heterocycles. The largest absolute Gasteiger partial charge is 0.496 e. The molecule has 1 aromatic carbocycles. The molecular formula is C11H14INO. The van der Waals surface area contributed by atoms with Crippen LogP contribution < -0.4 is 4.74 Å². The van der Waals surface area contributed by atoms with Gasteiger partial charge in [0.15, 0.2) is 0 Å². The van der Waals surface area contributed by atoms with E-state index in [9.17, 15) is 0 Å². The van der Waals surface area contributed by atoms with Crippen molar-refractivity contribution in [3.05, 3.63) is 29.3 Å². The Morgan fingerprint density at radius 2 is 2.07 bits per heavy atom. The summed E-state index contributed by atoms with van der Waals surface area (Å²) in [5, 5.41) is 0. The Morgan fingerprint density at radius 1 is 1.29 bits per heavy atom. The van der Waals surface area contributed by atoms with Crippen molar-refractivity contribution < 1.29 is 4.74 Å². The van der Waals surface area contributed by atoms with Gasteiger partial charge in [-0.1, -0.05) is 12.1 Å². The molecule has 0 atom stereocenters. The number of fused-ring (bicyclic) bond motifs is 1. The zero-order chi connectivity index (χ0) is 9.97. The average molecular weight is 303 g/mol. The molecular weight excluding hydrogens is 289 g/mol. The first kappa shape index (κ1) is 10.2. The van der Waals surface area contributed by atoms with Crippen LogP contribution in [0.25, 0.3) is 0 Å². The van der Waals surface area contributed by atoms with Crippen molar-refractivity contribution in [2.45, 2.75) is 12.8 Å². The summed E-state index contributed by atoms with van der Waals surface area (Å²) in [6.45, 7) is 2.26. The van der Waals surface area contributed by atoms with Crippen LogP contribution >= 0.6 is 22.9 Å². The molecule has 1 heterocycles. The topological polar surface area (TPSA) is 12.5 Å². The summed E-state index contributed by atoms with van der Waals surface area (Å²) < 4.78 is 7.73. The molecule has 76 valence electrons. The Balaban J connectivity index is 2.35. The third-order valence-electron chi connectivity index (χ3n) is 2.68. The smallest absolute Gasteiger partial charge is 0.122 e. The summed E-state index contributed by atoms with van der Waals surface area (Å²) in [6.07, 6.45) is 2.23. The van der Waals surface area contributed by atoms with E-state index in [0.29, 0.717) is 0 Å². The van der Waals surface area contributed by atoms with E-state index < -0.39 is 0 Å². The van der Waals surface area contributed by atoms with Crippen LogP contribution in [-0.4, -0.2) is 23.3 Å². The van der Waals surface area contributed by atoms with E-state index >= 15 is 0 Å². The van der Waals surface area contributed by atoms with E-state index in [2.05, 4.69) is 44.2 Å². The van der Waals surface area contributed by atoms with Crippen LogP contribution in [0.4, 0.5) is 0 Å². The lowest BCUT2D eigenvalue weighted by Gasteiger charge is -2.10. The summed E-state index contributed by atoms with van der Waals surface area (Å²) in [7, 11) is 1.75. The Hall–Kier alpha value is -0.290. The number of ether oxygens (including phenoxy) is 1. The molecule has 3 heteroatoms. The van der Waals surface area contributed by atoms with Crippen molar-refractivity contribution in [2.75, 3.05) is 20.2 Å². The first-order chi connectivity index (χ1) is 6.81. The molecule has 0 aromatic heterocycles. The minimum Gasteiger partial charge on any atom is -0.496 e. The predicted octanol–water partition coefficient (Wildman–Crippen LogP) is 2.45. The summed E-state index contributed by atoms with van der Waals surface area (Å²) in [5.41, 5.74) is 2.85. The zero-order valence-corrected chi connectivity index (χ0v) is 10.5. The molecule has 0 radical (unpaired) electrons. The van der Waals surface area contributed by atoms with E-state index in [1.807, 2.05) is 0 Å². The molecule has 0 spiro atoms. The van der Waals surface area contributed by atoms with Gasteiger partial charge in [0.05, 0.1) is 7.11 Å². The van der Waals surface area contributed by atoms with Crippen LogP contribution in [0.3, 0.4) is 0 Å². The first-order valence-electron chi connectivity index (χ1n) is 4.86. The lowest BCUT2D eigenvalue weighted by atomic mass is 10.0. The van der Waals surface area contributed by atoms with Crippen molar-refractivity contribution in [1.82, 2.24) is 3.11 Å². The highest BCUT2D eigenvalue weighted by atomic mass is 127. The number of methoxy groups -OCH3 is 1. The number of benzene rings is 1. The second kappa shape index (κ2) is 4.49. The van der Waals surface area contributed by atoms with Gasteiger partial charge in [-0.2, -0.15) is 0 Å².